The first-order valence-electron chi connectivity index (χ1n) is 13.8. The number of amides is 1. The van der Waals surface area contributed by atoms with Crippen LogP contribution in [0.2, 0.25) is 5.02 Å². The molecule has 3 aliphatic rings. The zero-order valence-electron chi connectivity index (χ0n) is 21.9. The number of anilines is 1. The number of rotatable bonds is 9. The van der Waals surface area contributed by atoms with Crippen molar-refractivity contribution >= 4 is 23.5 Å². The Labute approximate surface area is 233 Å². The normalized spacial score (nSPS) is 21.5. The van der Waals surface area contributed by atoms with Crippen LogP contribution in [0.4, 0.5) is 10.3 Å². The summed E-state index contributed by atoms with van der Waals surface area (Å²) in [5.41, 5.74) is 1.55. The van der Waals surface area contributed by atoms with E-state index in [-0.39, 0.29) is 18.1 Å². The number of ether oxygens (including phenoxy) is 1. The van der Waals surface area contributed by atoms with Crippen LogP contribution in [-0.2, 0) is 11.2 Å². The molecule has 2 aliphatic heterocycles. The van der Waals surface area contributed by atoms with E-state index in [4.69, 9.17) is 16.3 Å². The Balaban J connectivity index is 0.900. The highest BCUT2D eigenvalue weighted by atomic mass is 35.5. The molecule has 2 saturated heterocycles. The summed E-state index contributed by atoms with van der Waals surface area (Å²) in [5.74, 6) is 3.34. The van der Waals surface area contributed by atoms with E-state index in [9.17, 15) is 9.18 Å². The first-order valence-corrected chi connectivity index (χ1v) is 14.2. The lowest BCUT2D eigenvalue weighted by atomic mass is 9.90. The van der Waals surface area contributed by atoms with E-state index in [1.165, 1.54) is 12.5 Å². The number of halogens is 2. The molecular formula is C30H33ClFN5O2. The summed E-state index contributed by atoms with van der Waals surface area (Å²) >= 11 is 5.90. The molecule has 0 spiro atoms. The second kappa shape index (κ2) is 11.5. The zero-order valence-corrected chi connectivity index (χ0v) is 22.6. The summed E-state index contributed by atoms with van der Waals surface area (Å²) in [6.45, 7) is 3.85. The second-order valence-corrected chi connectivity index (χ2v) is 11.5. The minimum Gasteiger partial charge on any atom is -0.493 e. The van der Waals surface area contributed by atoms with Crippen molar-refractivity contribution in [3.05, 3.63) is 77.1 Å². The van der Waals surface area contributed by atoms with Crippen molar-refractivity contribution in [3.8, 4) is 5.75 Å². The fourth-order valence-electron chi connectivity index (χ4n) is 6.05. The Bertz CT molecular complexity index is 1280. The molecule has 2 aromatic heterocycles. The van der Waals surface area contributed by atoms with Crippen LogP contribution < -0.4 is 9.64 Å². The van der Waals surface area contributed by atoms with Crippen LogP contribution in [-0.4, -0.2) is 58.5 Å². The third-order valence-corrected chi connectivity index (χ3v) is 8.72. The lowest BCUT2D eigenvalue weighted by molar-refractivity contribution is -0.134. The fraction of sp³-hybridized carbons (Fsp3) is 0.467. The van der Waals surface area contributed by atoms with Crippen molar-refractivity contribution < 1.29 is 13.9 Å². The summed E-state index contributed by atoms with van der Waals surface area (Å²) in [6, 6.07) is 8.81. The van der Waals surface area contributed by atoms with Gasteiger partial charge >= 0.3 is 0 Å². The Hall–Kier alpha value is -3.26. The predicted octanol–water partition coefficient (Wildman–Crippen LogP) is 5.15. The third kappa shape index (κ3) is 6.16. The largest absolute Gasteiger partial charge is 0.493 e. The minimum absolute atomic E-state index is 0.0472. The number of likely N-dealkylation sites (tertiary alicyclic amines) is 1. The zero-order chi connectivity index (χ0) is 26.8. The molecule has 0 radical (unpaired) electrons. The molecule has 3 fully saturated rings. The molecule has 4 heterocycles. The van der Waals surface area contributed by atoms with Crippen LogP contribution in [0.3, 0.4) is 0 Å². The maximum atomic E-state index is 14.7. The number of pyridine rings is 1. The molecule has 7 nitrogen and oxygen atoms in total. The number of carbonyl (C=O) groups is 1. The monoisotopic (exact) mass is 549 g/mol. The number of piperidine rings is 1. The van der Waals surface area contributed by atoms with Gasteiger partial charge in [-0.1, -0.05) is 23.7 Å². The van der Waals surface area contributed by atoms with Crippen LogP contribution in [0, 0.1) is 23.6 Å². The van der Waals surface area contributed by atoms with Crippen LogP contribution in [0.1, 0.15) is 42.7 Å². The van der Waals surface area contributed by atoms with Gasteiger partial charge in [-0.15, -0.1) is 0 Å². The van der Waals surface area contributed by atoms with Crippen LogP contribution in [0.5, 0.6) is 5.75 Å². The lowest BCUT2D eigenvalue weighted by Crippen LogP contribution is -2.49. The number of nitrogens with zero attached hydrogens (tertiary/aromatic N) is 5. The number of carbonyl (C=O) groups excluding carboxylic acids is 1. The Morgan fingerprint density at radius 1 is 1.10 bits per heavy atom. The van der Waals surface area contributed by atoms with Gasteiger partial charge in [0.05, 0.1) is 30.4 Å². The van der Waals surface area contributed by atoms with Crippen molar-refractivity contribution in [2.75, 3.05) is 37.7 Å². The molecule has 1 saturated carbocycles. The third-order valence-electron chi connectivity index (χ3n) is 8.53. The van der Waals surface area contributed by atoms with Crippen molar-refractivity contribution in [1.82, 2.24) is 19.9 Å². The molecule has 39 heavy (non-hydrogen) atoms. The van der Waals surface area contributed by atoms with E-state index in [1.54, 1.807) is 35.6 Å². The van der Waals surface area contributed by atoms with E-state index in [0.29, 0.717) is 47.9 Å². The number of aromatic nitrogens is 3. The highest BCUT2D eigenvalue weighted by molar-refractivity contribution is 6.30. The lowest BCUT2D eigenvalue weighted by Gasteiger charge is -2.39. The highest BCUT2D eigenvalue weighted by Crippen LogP contribution is 2.49. The number of benzene rings is 1. The SMILES string of the molecule is O=C(Cc1ccc(OCC[C@@H]2C[C@@H]2C2CCN(c3ncc(Cl)cn3)CC2)cc1F)N1CC(c2cccnc2)C1. The standard InChI is InChI=1S/C30H33ClFN5O2/c31-25-16-34-30(35-17-25)36-9-5-20(6-10-36)27-12-21(27)7-11-39-26-4-3-22(28(32)14-26)13-29(38)37-18-24(19-37)23-2-1-8-33-15-23/h1-4,8,14-17,20-21,24,27H,5-7,9-13,18-19H2/t21-,27-/m1/s1. The van der Waals surface area contributed by atoms with Gasteiger partial charge in [-0.05, 0) is 66.7 Å². The number of hydrogen-bond acceptors (Lipinski definition) is 6. The first kappa shape index (κ1) is 26.0. The van der Waals surface area contributed by atoms with E-state index < -0.39 is 0 Å². The predicted molar refractivity (Wildman–Crippen MR) is 147 cm³/mol. The summed E-state index contributed by atoms with van der Waals surface area (Å²) in [6.07, 6.45) is 11.5. The second-order valence-electron chi connectivity index (χ2n) is 11.0. The van der Waals surface area contributed by atoms with Gasteiger partial charge in [-0.2, -0.15) is 0 Å². The topological polar surface area (TPSA) is 71.5 Å². The van der Waals surface area contributed by atoms with E-state index in [1.807, 2.05) is 18.3 Å². The summed E-state index contributed by atoms with van der Waals surface area (Å²) in [7, 11) is 0. The first-order chi connectivity index (χ1) is 19.0. The van der Waals surface area contributed by atoms with Crippen molar-refractivity contribution in [2.45, 2.75) is 38.0 Å². The van der Waals surface area contributed by atoms with Gasteiger partial charge in [0.2, 0.25) is 11.9 Å². The molecule has 0 unspecified atom stereocenters. The summed E-state index contributed by atoms with van der Waals surface area (Å²) < 4.78 is 20.6. The smallest absolute Gasteiger partial charge is 0.227 e. The summed E-state index contributed by atoms with van der Waals surface area (Å²) in [5, 5.41) is 0.559. The van der Waals surface area contributed by atoms with E-state index >= 15 is 0 Å². The minimum atomic E-state index is -0.383. The Morgan fingerprint density at radius 2 is 1.90 bits per heavy atom. The molecule has 1 aromatic carbocycles. The van der Waals surface area contributed by atoms with Crippen LogP contribution in [0.25, 0.3) is 0 Å². The van der Waals surface area contributed by atoms with Crippen molar-refractivity contribution in [1.29, 1.82) is 0 Å². The highest BCUT2D eigenvalue weighted by Gasteiger charge is 2.43. The molecule has 1 aliphatic carbocycles. The van der Waals surface area contributed by atoms with E-state index in [0.717, 1.165) is 55.7 Å². The van der Waals surface area contributed by atoms with Crippen LogP contribution >= 0.6 is 11.6 Å². The van der Waals surface area contributed by atoms with Gasteiger partial charge in [-0.3, -0.25) is 9.78 Å². The molecule has 2 atom stereocenters. The van der Waals surface area contributed by atoms with Gasteiger partial charge in [0, 0.05) is 50.6 Å². The number of hydrogen-bond donors (Lipinski definition) is 0. The average molecular weight is 550 g/mol. The Kier molecular flexibility index (Phi) is 7.64. The van der Waals surface area contributed by atoms with Gasteiger partial charge in [0.25, 0.3) is 0 Å². The summed E-state index contributed by atoms with van der Waals surface area (Å²) in [4.78, 5) is 29.5. The van der Waals surface area contributed by atoms with Gasteiger partial charge in [0.15, 0.2) is 0 Å². The van der Waals surface area contributed by atoms with Crippen LogP contribution in [0.15, 0.2) is 55.1 Å². The molecular weight excluding hydrogens is 517 g/mol. The van der Waals surface area contributed by atoms with Gasteiger partial charge < -0.3 is 14.5 Å². The molecule has 0 bridgehead atoms. The molecule has 6 rings (SSSR count). The molecule has 3 aromatic rings. The fourth-order valence-corrected chi connectivity index (χ4v) is 6.15. The molecule has 204 valence electrons. The maximum Gasteiger partial charge on any atom is 0.227 e. The van der Waals surface area contributed by atoms with E-state index in [2.05, 4.69) is 19.9 Å². The van der Waals surface area contributed by atoms with Gasteiger partial charge in [-0.25, -0.2) is 14.4 Å². The quantitative estimate of drug-likeness (QED) is 0.367. The average Bonchev–Trinajstić information content (AvgIpc) is 3.70. The molecule has 1 amide bonds. The molecule has 9 heteroatoms. The maximum absolute atomic E-state index is 14.7. The van der Waals surface area contributed by atoms with Gasteiger partial charge in [0.1, 0.15) is 11.6 Å². The van der Waals surface area contributed by atoms with Crippen molar-refractivity contribution in [2.24, 2.45) is 17.8 Å². The Morgan fingerprint density at radius 3 is 2.62 bits per heavy atom. The molecule has 0 N–H and O–H groups in total. The van der Waals surface area contributed by atoms with Crippen molar-refractivity contribution in [3.63, 3.8) is 0 Å².